The standard InChI is InChI=1S/C12H17N3/c1-10(14)4-3-7-15-12-6-2-5-11(8-12)9-13/h2,5-6,8,10,15H,3-4,7,14H2,1H3. The maximum absolute atomic E-state index is 8.71. The van der Waals surface area contributed by atoms with Crippen LogP contribution in [0.5, 0.6) is 0 Å². The fourth-order valence-corrected chi connectivity index (χ4v) is 1.36. The first-order valence-corrected chi connectivity index (χ1v) is 5.22. The molecule has 3 nitrogen and oxygen atoms in total. The van der Waals surface area contributed by atoms with Gasteiger partial charge in [0.05, 0.1) is 11.6 Å². The van der Waals surface area contributed by atoms with Crippen LogP contribution in [0.15, 0.2) is 24.3 Å². The van der Waals surface area contributed by atoms with E-state index in [4.69, 9.17) is 11.0 Å². The van der Waals surface area contributed by atoms with Gasteiger partial charge in [-0.2, -0.15) is 5.26 Å². The van der Waals surface area contributed by atoms with E-state index < -0.39 is 0 Å². The van der Waals surface area contributed by atoms with Gasteiger partial charge in [-0.15, -0.1) is 0 Å². The molecule has 1 aromatic rings. The van der Waals surface area contributed by atoms with Gasteiger partial charge in [0.2, 0.25) is 0 Å². The lowest BCUT2D eigenvalue weighted by molar-refractivity contribution is 0.639. The van der Waals surface area contributed by atoms with E-state index in [0.717, 1.165) is 25.1 Å². The van der Waals surface area contributed by atoms with Crippen molar-refractivity contribution in [1.82, 2.24) is 0 Å². The summed E-state index contributed by atoms with van der Waals surface area (Å²) in [6.45, 7) is 2.91. The van der Waals surface area contributed by atoms with Crippen molar-refractivity contribution in [3.63, 3.8) is 0 Å². The van der Waals surface area contributed by atoms with Crippen molar-refractivity contribution in [1.29, 1.82) is 5.26 Å². The first-order valence-electron chi connectivity index (χ1n) is 5.22. The molecule has 1 rings (SSSR count). The second-order valence-corrected chi connectivity index (χ2v) is 3.74. The molecule has 0 aromatic heterocycles. The van der Waals surface area contributed by atoms with Crippen molar-refractivity contribution in [2.75, 3.05) is 11.9 Å². The quantitative estimate of drug-likeness (QED) is 0.720. The third-order valence-electron chi connectivity index (χ3n) is 2.16. The van der Waals surface area contributed by atoms with Crippen LogP contribution < -0.4 is 11.1 Å². The van der Waals surface area contributed by atoms with Crippen LogP contribution in [-0.2, 0) is 0 Å². The number of rotatable bonds is 5. The van der Waals surface area contributed by atoms with Gasteiger partial charge in [-0.05, 0) is 38.0 Å². The van der Waals surface area contributed by atoms with Gasteiger partial charge in [-0.3, -0.25) is 0 Å². The molecule has 0 bridgehead atoms. The molecule has 0 aliphatic carbocycles. The zero-order valence-corrected chi connectivity index (χ0v) is 9.03. The van der Waals surface area contributed by atoms with E-state index in [9.17, 15) is 0 Å². The third kappa shape index (κ3) is 4.48. The predicted molar refractivity (Wildman–Crippen MR) is 62.5 cm³/mol. The van der Waals surface area contributed by atoms with Crippen LogP contribution in [0.2, 0.25) is 0 Å². The van der Waals surface area contributed by atoms with Crippen molar-refractivity contribution < 1.29 is 0 Å². The van der Waals surface area contributed by atoms with Gasteiger partial charge < -0.3 is 11.1 Å². The number of nitrogens with zero attached hydrogens (tertiary/aromatic N) is 1. The average molecular weight is 203 g/mol. The smallest absolute Gasteiger partial charge is 0.0992 e. The number of nitrogens with two attached hydrogens (primary N) is 1. The third-order valence-corrected chi connectivity index (χ3v) is 2.16. The number of benzene rings is 1. The number of nitrogens with one attached hydrogen (secondary N) is 1. The molecule has 3 heteroatoms. The lowest BCUT2D eigenvalue weighted by Gasteiger charge is -2.07. The average Bonchev–Trinajstić information content (AvgIpc) is 2.24. The van der Waals surface area contributed by atoms with Gasteiger partial charge in [-0.25, -0.2) is 0 Å². The molecular formula is C12H17N3. The number of nitriles is 1. The Morgan fingerprint density at radius 2 is 2.33 bits per heavy atom. The molecule has 1 unspecified atom stereocenters. The molecule has 0 saturated heterocycles. The molecule has 0 aliphatic rings. The summed E-state index contributed by atoms with van der Waals surface area (Å²) in [7, 11) is 0. The summed E-state index contributed by atoms with van der Waals surface area (Å²) in [5.41, 5.74) is 7.33. The van der Waals surface area contributed by atoms with Crippen LogP contribution in [-0.4, -0.2) is 12.6 Å². The predicted octanol–water partition coefficient (Wildman–Crippen LogP) is 2.10. The Bertz CT molecular complexity index is 339. The molecule has 80 valence electrons. The van der Waals surface area contributed by atoms with Gasteiger partial charge >= 0.3 is 0 Å². The second kappa shape index (κ2) is 6.05. The fourth-order valence-electron chi connectivity index (χ4n) is 1.36. The summed E-state index contributed by atoms with van der Waals surface area (Å²) in [6.07, 6.45) is 2.07. The molecule has 0 amide bonds. The fraction of sp³-hybridized carbons (Fsp3) is 0.417. The highest BCUT2D eigenvalue weighted by Gasteiger charge is 1.96. The second-order valence-electron chi connectivity index (χ2n) is 3.74. The Kier molecular flexibility index (Phi) is 4.65. The largest absolute Gasteiger partial charge is 0.385 e. The van der Waals surface area contributed by atoms with Crippen molar-refractivity contribution >= 4 is 5.69 Å². The Morgan fingerprint density at radius 3 is 3.00 bits per heavy atom. The minimum Gasteiger partial charge on any atom is -0.385 e. The number of hydrogen-bond donors (Lipinski definition) is 2. The minimum atomic E-state index is 0.261. The van der Waals surface area contributed by atoms with E-state index in [2.05, 4.69) is 11.4 Å². The molecule has 15 heavy (non-hydrogen) atoms. The van der Waals surface area contributed by atoms with Gasteiger partial charge in [0.1, 0.15) is 0 Å². The highest BCUT2D eigenvalue weighted by atomic mass is 14.9. The summed E-state index contributed by atoms with van der Waals surface area (Å²) < 4.78 is 0. The van der Waals surface area contributed by atoms with Crippen LogP contribution in [0.25, 0.3) is 0 Å². The lowest BCUT2D eigenvalue weighted by atomic mass is 10.2. The number of hydrogen-bond acceptors (Lipinski definition) is 3. The Labute approximate surface area is 90.9 Å². The van der Waals surface area contributed by atoms with Gasteiger partial charge in [0, 0.05) is 18.3 Å². The Hall–Kier alpha value is -1.53. The van der Waals surface area contributed by atoms with Crippen LogP contribution in [0, 0.1) is 11.3 Å². The lowest BCUT2D eigenvalue weighted by Crippen LogP contribution is -2.16. The van der Waals surface area contributed by atoms with Crippen molar-refractivity contribution in [3.05, 3.63) is 29.8 Å². The summed E-state index contributed by atoms with van der Waals surface area (Å²) >= 11 is 0. The summed E-state index contributed by atoms with van der Waals surface area (Å²) in [4.78, 5) is 0. The molecule has 0 radical (unpaired) electrons. The molecule has 0 heterocycles. The maximum atomic E-state index is 8.71. The van der Waals surface area contributed by atoms with E-state index in [0.29, 0.717) is 5.56 Å². The van der Waals surface area contributed by atoms with Gasteiger partial charge in [0.15, 0.2) is 0 Å². The molecular weight excluding hydrogens is 186 g/mol. The van der Waals surface area contributed by atoms with Crippen molar-refractivity contribution in [3.8, 4) is 6.07 Å². The van der Waals surface area contributed by atoms with Crippen LogP contribution >= 0.6 is 0 Å². The highest BCUT2D eigenvalue weighted by molar-refractivity contribution is 5.48. The molecule has 1 aromatic carbocycles. The van der Waals surface area contributed by atoms with E-state index >= 15 is 0 Å². The van der Waals surface area contributed by atoms with E-state index in [-0.39, 0.29) is 6.04 Å². The zero-order chi connectivity index (χ0) is 11.1. The monoisotopic (exact) mass is 203 g/mol. The maximum Gasteiger partial charge on any atom is 0.0992 e. The SMILES string of the molecule is CC(N)CCCNc1cccc(C#N)c1. The van der Waals surface area contributed by atoms with Crippen LogP contribution in [0.1, 0.15) is 25.3 Å². The first kappa shape index (κ1) is 11.5. The first-order chi connectivity index (χ1) is 7.22. The highest BCUT2D eigenvalue weighted by Crippen LogP contribution is 2.09. The molecule has 0 aliphatic heterocycles. The van der Waals surface area contributed by atoms with Crippen LogP contribution in [0.3, 0.4) is 0 Å². The van der Waals surface area contributed by atoms with E-state index in [1.165, 1.54) is 0 Å². The van der Waals surface area contributed by atoms with Crippen molar-refractivity contribution in [2.45, 2.75) is 25.8 Å². The Balaban J connectivity index is 2.35. The van der Waals surface area contributed by atoms with E-state index in [1.807, 2.05) is 25.1 Å². The van der Waals surface area contributed by atoms with Crippen molar-refractivity contribution in [2.24, 2.45) is 5.73 Å². The topological polar surface area (TPSA) is 61.8 Å². The summed E-state index contributed by atoms with van der Waals surface area (Å²) in [6, 6.07) is 9.88. The molecule has 0 saturated carbocycles. The van der Waals surface area contributed by atoms with Gasteiger partial charge in [0.25, 0.3) is 0 Å². The normalized spacial score (nSPS) is 11.8. The molecule has 0 fully saturated rings. The Morgan fingerprint density at radius 1 is 1.53 bits per heavy atom. The van der Waals surface area contributed by atoms with E-state index in [1.54, 1.807) is 6.07 Å². The summed E-state index contributed by atoms with van der Waals surface area (Å²) in [5.74, 6) is 0. The minimum absolute atomic E-state index is 0.261. The number of anilines is 1. The van der Waals surface area contributed by atoms with Crippen LogP contribution in [0.4, 0.5) is 5.69 Å². The van der Waals surface area contributed by atoms with Gasteiger partial charge in [-0.1, -0.05) is 6.07 Å². The molecule has 3 N–H and O–H groups in total. The summed E-state index contributed by atoms with van der Waals surface area (Å²) in [5, 5.41) is 12.0. The molecule has 1 atom stereocenters. The molecule has 0 spiro atoms. The zero-order valence-electron chi connectivity index (χ0n) is 9.03.